The van der Waals surface area contributed by atoms with Gasteiger partial charge in [0.25, 0.3) is 0 Å². The third-order valence-electron chi connectivity index (χ3n) is 0.540. The molecule has 0 radical (unpaired) electrons. The molecule has 1 N–H and O–H groups in total. The summed E-state index contributed by atoms with van der Waals surface area (Å²) in [7, 11) is -3.58. The lowest BCUT2D eigenvalue weighted by Gasteiger charge is -1.90. The van der Waals surface area contributed by atoms with Crippen molar-refractivity contribution >= 4 is 7.52 Å². The predicted molar refractivity (Wildman–Crippen MR) is 26.2 cm³/mol. The molecule has 0 saturated carbocycles. The van der Waals surface area contributed by atoms with Crippen LogP contribution in [0.1, 0.15) is 6.92 Å². The van der Waals surface area contributed by atoms with Gasteiger partial charge in [0.1, 0.15) is 0 Å². The summed E-state index contributed by atoms with van der Waals surface area (Å²) < 4.78 is 10.0. The molecule has 0 rings (SSSR count). The quantitative estimate of drug-likeness (QED) is 0.439. The van der Waals surface area contributed by atoms with Gasteiger partial charge in [-0.15, -0.1) is 4.91 Å². The number of nitrogens with zero attached hydrogens (tertiary/aromatic N) is 1. The Morgan fingerprint density at radius 3 is 2.29 bits per heavy atom. The average molecular weight is 123 g/mol. The fraction of sp³-hybridized carbons (Fsp3) is 1.00. The minimum Gasteiger partial charge on any atom is -0.326 e. The second-order valence-electron chi connectivity index (χ2n) is 1.06. The highest BCUT2D eigenvalue weighted by Crippen LogP contribution is 2.40. The van der Waals surface area contributed by atoms with Gasteiger partial charge in [0.2, 0.25) is 0 Å². The van der Waals surface area contributed by atoms with E-state index in [1.54, 1.807) is 0 Å². The number of rotatable bonds is 2. The SMILES string of the molecule is CCP(=O)(O)N=O. The highest BCUT2D eigenvalue weighted by atomic mass is 31.2. The average Bonchev–Trinajstić information content (AvgIpc) is 1.68. The summed E-state index contributed by atoms with van der Waals surface area (Å²) in [5.74, 6) is 0. The summed E-state index contributed by atoms with van der Waals surface area (Å²) in [5, 5.41) is 0. The summed E-state index contributed by atoms with van der Waals surface area (Å²) in [4.78, 5) is 19.5. The molecular formula is C2H6NO3P. The van der Waals surface area contributed by atoms with Crippen LogP contribution in [0, 0.1) is 4.91 Å². The smallest absolute Gasteiger partial charge is 0.326 e. The van der Waals surface area contributed by atoms with Gasteiger partial charge in [0.15, 0.2) is 0 Å². The maximum Gasteiger partial charge on any atom is 0.349 e. The van der Waals surface area contributed by atoms with Crippen LogP contribution in [-0.4, -0.2) is 11.1 Å². The summed E-state index contributed by atoms with van der Waals surface area (Å²) in [6, 6.07) is 0. The van der Waals surface area contributed by atoms with Crippen molar-refractivity contribution < 1.29 is 9.46 Å². The van der Waals surface area contributed by atoms with Crippen LogP contribution in [0.3, 0.4) is 0 Å². The van der Waals surface area contributed by atoms with E-state index in [0.717, 1.165) is 0 Å². The predicted octanol–water partition coefficient (Wildman–Crippen LogP) is 0.958. The maximum absolute atomic E-state index is 10.0. The van der Waals surface area contributed by atoms with Crippen LogP contribution >= 0.6 is 7.52 Å². The zero-order chi connectivity index (χ0) is 5.91. The molecule has 0 aromatic heterocycles. The first-order chi connectivity index (χ1) is 3.12. The fourth-order valence-corrected chi connectivity index (χ4v) is 0.173. The molecule has 0 fully saturated rings. The molecule has 0 aromatic rings. The monoisotopic (exact) mass is 123 g/mol. The van der Waals surface area contributed by atoms with Crippen LogP contribution in [0.4, 0.5) is 0 Å². The van der Waals surface area contributed by atoms with E-state index in [4.69, 9.17) is 4.89 Å². The van der Waals surface area contributed by atoms with Crippen LogP contribution in [0.25, 0.3) is 0 Å². The second-order valence-corrected chi connectivity index (χ2v) is 3.19. The zero-order valence-electron chi connectivity index (χ0n) is 3.87. The lowest BCUT2D eigenvalue weighted by Crippen LogP contribution is -1.74. The lowest BCUT2D eigenvalue weighted by atomic mass is 11.0. The summed E-state index contributed by atoms with van der Waals surface area (Å²) >= 11 is 0. The third-order valence-corrected chi connectivity index (χ3v) is 1.62. The molecule has 0 bridgehead atoms. The van der Waals surface area contributed by atoms with Crippen molar-refractivity contribution in [3.63, 3.8) is 0 Å². The number of nitroso groups, excluding NO2 is 1. The molecule has 0 saturated heterocycles. The normalized spacial score (nSPS) is 18.0. The zero-order valence-corrected chi connectivity index (χ0v) is 4.76. The van der Waals surface area contributed by atoms with Crippen LogP contribution in [0.5, 0.6) is 0 Å². The minimum atomic E-state index is -3.58. The maximum atomic E-state index is 10.0. The first kappa shape index (κ1) is 6.79. The molecule has 7 heavy (non-hydrogen) atoms. The van der Waals surface area contributed by atoms with Gasteiger partial charge in [0, 0.05) is 11.1 Å². The Bertz CT molecular complexity index is 112. The molecule has 42 valence electrons. The van der Waals surface area contributed by atoms with Gasteiger partial charge in [-0.2, -0.15) is 0 Å². The standard InChI is InChI=1S/C2H6NO3P/c1-2-7(5,6)3-4/h2H2,1H3,(H,5,6). The van der Waals surface area contributed by atoms with Gasteiger partial charge in [0.05, 0.1) is 0 Å². The molecule has 0 spiro atoms. The fourth-order valence-electron chi connectivity index (χ4n) is 0.0577. The molecule has 4 nitrogen and oxygen atoms in total. The highest BCUT2D eigenvalue weighted by molar-refractivity contribution is 7.56. The second kappa shape index (κ2) is 2.19. The van der Waals surface area contributed by atoms with Gasteiger partial charge in [-0.25, -0.2) is 0 Å². The molecule has 1 atom stereocenters. The third kappa shape index (κ3) is 2.48. The topological polar surface area (TPSA) is 66.7 Å². The van der Waals surface area contributed by atoms with Crippen LogP contribution in [0.15, 0.2) is 4.95 Å². The van der Waals surface area contributed by atoms with Crippen molar-refractivity contribution in [3.05, 3.63) is 4.91 Å². The molecule has 0 aliphatic carbocycles. The first-order valence-corrected chi connectivity index (χ1v) is 3.59. The van der Waals surface area contributed by atoms with Crippen molar-refractivity contribution in [1.82, 2.24) is 0 Å². The molecule has 0 aliphatic rings. The molecule has 1 unspecified atom stereocenters. The lowest BCUT2D eigenvalue weighted by molar-refractivity contribution is 0.481. The van der Waals surface area contributed by atoms with Gasteiger partial charge in [-0.05, 0) is 0 Å². The molecule has 0 heterocycles. The van der Waals surface area contributed by atoms with E-state index in [-0.39, 0.29) is 6.16 Å². The van der Waals surface area contributed by atoms with E-state index in [1.807, 2.05) is 4.95 Å². The van der Waals surface area contributed by atoms with Gasteiger partial charge >= 0.3 is 7.52 Å². The highest BCUT2D eigenvalue weighted by Gasteiger charge is 2.12. The summed E-state index contributed by atoms with van der Waals surface area (Å²) in [6.07, 6.45) is -0.0729. The van der Waals surface area contributed by atoms with Gasteiger partial charge < -0.3 is 4.89 Å². The Labute approximate surface area is 41.0 Å². The van der Waals surface area contributed by atoms with Crippen LogP contribution in [0.2, 0.25) is 0 Å². The van der Waals surface area contributed by atoms with Crippen molar-refractivity contribution in [2.45, 2.75) is 6.92 Å². The Morgan fingerprint density at radius 1 is 1.86 bits per heavy atom. The Balaban J connectivity index is 3.85. The van der Waals surface area contributed by atoms with E-state index < -0.39 is 7.52 Å². The molecule has 0 aliphatic heterocycles. The molecule has 0 amide bonds. The van der Waals surface area contributed by atoms with Crippen molar-refractivity contribution in [2.75, 3.05) is 6.16 Å². The van der Waals surface area contributed by atoms with E-state index in [1.165, 1.54) is 6.92 Å². The summed E-state index contributed by atoms with van der Waals surface area (Å²) in [6.45, 7) is 1.43. The van der Waals surface area contributed by atoms with Gasteiger partial charge in [-0.3, -0.25) is 4.57 Å². The summed E-state index contributed by atoms with van der Waals surface area (Å²) in [5.41, 5.74) is 0. The van der Waals surface area contributed by atoms with Crippen molar-refractivity contribution in [3.8, 4) is 0 Å². The Hall–Kier alpha value is -0.210. The first-order valence-electron chi connectivity index (χ1n) is 1.79. The Kier molecular flexibility index (Phi) is 2.12. The molecular weight excluding hydrogens is 117 g/mol. The van der Waals surface area contributed by atoms with Crippen molar-refractivity contribution in [1.29, 1.82) is 0 Å². The van der Waals surface area contributed by atoms with E-state index in [9.17, 15) is 9.47 Å². The van der Waals surface area contributed by atoms with Crippen LogP contribution < -0.4 is 0 Å². The van der Waals surface area contributed by atoms with Gasteiger partial charge in [-0.1, -0.05) is 6.92 Å². The number of hydrogen-bond acceptors (Lipinski definition) is 2. The van der Waals surface area contributed by atoms with E-state index in [0.29, 0.717) is 0 Å². The number of hydrogen-bond donors (Lipinski definition) is 1. The van der Waals surface area contributed by atoms with Crippen LogP contribution in [-0.2, 0) is 4.57 Å². The molecule has 5 heteroatoms. The van der Waals surface area contributed by atoms with Crippen molar-refractivity contribution in [2.24, 2.45) is 4.95 Å². The largest absolute Gasteiger partial charge is 0.349 e. The van der Waals surface area contributed by atoms with E-state index in [2.05, 4.69) is 0 Å². The van der Waals surface area contributed by atoms with E-state index >= 15 is 0 Å². The Morgan fingerprint density at radius 2 is 2.29 bits per heavy atom. The minimum absolute atomic E-state index is 0.0729. The molecule has 0 aromatic carbocycles.